The number of rotatable bonds is 3. The van der Waals surface area contributed by atoms with Crippen LogP contribution in [0.1, 0.15) is 44.0 Å². The SMILES string of the molecule is Cn1cc(C(=O)NCC2CCCN2C(=O)OC(C)(C)C)c2cc[nH]c2c1=O. The van der Waals surface area contributed by atoms with Gasteiger partial charge < -0.3 is 24.5 Å². The summed E-state index contributed by atoms with van der Waals surface area (Å²) in [6.07, 6.45) is 4.51. The molecular formula is C19H26N4O4. The van der Waals surface area contributed by atoms with E-state index in [0.29, 0.717) is 29.6 Å². The van der Waals surface area contributed by atoms with Gasteiger partial charge in [0.1, 0.15) is 11.1 Å². The summed E-state index contributed by atoms with van der Waals surface area (Å²) >= 11 is 0. The van der Waals surface area contributed by atoms with Gasteiger partial charge in [-0.3, -0.25) is 9.59 Å². The molecular weight excluding hydrogens is 348 g/mol. The van der Waals surface area contributed by atoms with Crippen LogP contribution in [0.2, 0.25) is 0 Å². The molecule has 1 unspecified atom stereocenters. The number of aromatic nitrogens is 2. The molecule has 1 aliphatic heterocycles. The van der Waals surface area contributed by atoms with Crippen molar-refractivity contribution in [2.45, 2.75) is 45.3 Å². The maximum absolute atomic E-state index is 12.7. The maximum Gasteiger partial charge on any atom is 0.410 e. The Morgan fingerprint density at radius 3 is 2.81 bits per heavy atom. The van der Waals surface area contributed by atoms with Gasteiger partial charge in [-0.05, 0) is 39.7 Å². The first-order valence-electron chi connectivity index (χ1n) is 9.12. The Bertz CT molecular complexity index is 922. The molecule has 27 heavy (non-hydrogen) atoms. The van der Waals surface area contributed by atoms with Gasteiger partial charge >= 0.3 is 6.09 Å². The minimum atomic E-state index is -0.553. The van der Waals surface area contributed by atoms with E-state index in [1.54, 1.807) is 24.2 Å². The highest BCUT2D eigenvalue weighted by atomic mass is 16.6. The summed E-state index contributed by atoms with van der Waals surface area (Å²) in [4.78, 5) is 41.7. The Morgan fingerprint density at radius 2 is 2.11 bits per heavy atom. The number of pyridine rings is 1. The summed E-state index contributed by atoms with van der Waals surface area (Å²) in [5.41, 5.74) is 0.0948. The number of aryl methyl sites for hydroxylation is 1. The number of carbonyl (C=O) groups excluding carboxylic acids is 2. The second kappa shape index (κ2) is 7.09. The van der Waals surface area contributed by atoms with E-state index in [2.05, 4.69) is 10.3 Å². The molecule has 1 saturated heterocycles. The molecule has 0 bridgehead atoms. The van der Waals surface area contributed by atoms with Crippen LogP contribution in [0.25, 0.3) is 10.9 Å². The number of fused-ring (bicyclic) bond motifs is 1. The van der Waals surface area contributed by atoms with Crippen LogP contribution in [-0.4, -0.2) is 51.2 Å². The number of hydrogen-bond acceptors (Lipinski definition) is 4. The second-order valence-electron chi connectivity index (χ2n) is 7.90. The molecule has 2 aromatic heterocycles. The van der Waals surface area contributed by atoms with Gasteiger partial charge in [0.15, 0.2) is 0 Å². The van der Waals surface area contributed by atoms with Crippen LogP contribution in [0.4, 0.5) is 4.79 Å². The molecule has 2 N–H and O–H groups in total. The Kier molecular flexibility index (Phi) is 4.99. The molecule has 0 saturated carbocycles. The molecule has 0 aromatic carbocycles. The fourth-order valence-electron chi connectivity index (χ4n) is 3.36. The fourth-order valence-corrected chi connectivity index (χ4v) is 3.36. The van der Waals surface area contributed by atoms with Crippen molar-refractivity contribution in [3.05, 3.63) is 34.4 Å². The Morgan fingerprint density at radius 1 is 1.37 bits per heavy atom. The molecule has 0 spiro atoms. The molecule has 2 amide bonds. The third kappa shape index (κ3) is 3.99. The van der Waals surface area contributed by atoms with E-state index in [0.717, 1.165) is 12.8 Å². The summed E-state index contributed by atoms with van der Waals surface area (Å²) in [6.45, 7) is 6.46. The summed E-state index contributed by atoms with van der Waals surface area (Å²) in [5.74, 6) is -0.272. The third-order valence-electron chi connectivity index (χ3n) is 4.64. The molecule has 0 aliphatic carbocycles. The number of carbonyl (C=O) groups is 2. The molecule has 1 aliphatic rings. The highest BCUT2D eigenvalue weighted by Crippen LogP contribution is 2.21. The minimum Gasteiger partial charge on any atom is -0.444 e. The minimum absolute atomic E-state index is 0.0990. The number of nitrogens with zero attached hydrogens (tertiary/aromatic N) is 2. The lowest BCUT2D eigenvalue weighted by Crippen LogP contribution is -2.45. The van der Waals surface area contributed by atoms with Gasteiger partial charge in [-0.2, -0.15) is 0 Å². The van der Waals surface area contributed by atoms with Gasteiger partial charge in [-0.25, -0.2) is 4.79 Å². The fraction of sp³-hybridized carbons (Fsp3) is 0.526. The summed E-state index contributed by atoms with van der Waals surface area (Å²) < 4.78 is 6.84. The van der Waals surface area contributed by atoms with Crippen LogP contribution in [0.15, 0.2) is 23.3 Å². The summed E-state index contributed by atoms with van der Waals surface area (Å²) in [6, 6.07) is 1.62. The topological polar surface area (TPSA) is 96.4 Å². The van der Waals surface area contributed by atoms with Crippen molar-refractivity contribution in [1.29, 1.82) is 0 Å². The number of hydrogen-bond donors (Lipinski definition) is 2. The first-order chi connectivity index (χ1) is 12.7. The lowest BCUT2D eigenvalue weighted by molar-refractivity contribution is 0.0225. The lowest BCUT2D eigenvalue weighted by Gasteiger charge is -2.28. The summed E-state index contributed by atoms with van der Waals surface area (Å²) in [5, 5.41) is 3.49. The van der Waals surface area contributed by atoms with Gasteiger partial charge in [-0.1, -0.05) is 0 Å². The highest BCUT2D eigenvalue weighted by molar-refractivity contribution is 6.05. The van der Waals surface area contributed by atoms with Crippen molar-refractivity contribution < 1.29 is 14.3 Å². The largest absolute Gasteiger partial charge is 0.444 e. The molecule has 3 rings (SSSR count). The second-order valence-corrected chi connectivity index (χ2v) is 7.90. The van der Waals surface area contributed by atoms with Crippen LogP contribution in [-0.2, 0) is 11.8 Å². The van der Waals surface area contributed by atoms with Crippen molar-refractivity contribution in [3.63, 3.8) is 0 Å². The Balaban J connectivity index is 1.71. The van der Waals surface area contributed by atoms with E-state index in [9.17, 15) is 14.4 Å². The van der Waals surface area contributed by atoms with Crippen LogP contribution in [0, 0.1) is 0 Å². The zero-order valence-corrected chi connectivity index (χ0v) is 16.2. The first kappa shape index (κ1) is 19.0. The zero-order valence-electron chi connectivity index (χ0n) is 16.2. The monoisotopic (exact) mass is 374 g/mol. The highest BCUT2D eigenvalue weighted by Gasteiger charge is 2.32. The van der Waals surface area contributed by atoms with Crippen LogP contribution >= 0.6 is 0 Å². The predicted molar refractivity (Wildman–Crippen MR) is 102 cm³/mol. The number of amides is 2. The van der Waals surface area contributed by atoms with Gasteiger partial charge in [0.05, 0.1) is 11.6 Å². The number of H-pyrrole nitrogens is 1. The average molecular weight is 374 g/mol. The standard InChI is InChI=1S/C19H26N4O4/c1-19(2,3)27-18(26)23-9-5-6-12(23)10-21-16(24)14-11-22(4)17(25)15-13(14)7-8-20-15/h7-8,11-12,20H,5-6,9-10H2,1-4H3,(H,21,24). The van der Waals surface area contributed by atoms with Crippen molar-refractivity contribution in [1.82, 2.24) is 19.8 Å². The smallest absolute Gasteiger partial charge is 0.410 e. The Hall–Kier alpha value is -2.77. The quantitative estimate of drug-likeness (QED) is 0.859. The molecule has 2 aromatic rings. The molecule has 3 heterocycles. The number of ether oxygens (including phenoxy) is 1. The van der Waals surface area contributed by atoms with Crippen LogP contribution < -0.4 is 10.9 Å². The number of nitrogens with one attached hydrogen (secondary N) is 2. The zero-order chi connectivity index (χ0) is 19.8. The van der Waals surface area contributed by atoms with Gasteiger partial charge in [0.2, 0.25) is 0 Å². The molecule has 1 fully saturated rings. The van der Waals surface area contributed by atoms with Gasteiger partial charge in [-0.15, -0.1) is 0 Å². The van der Waals surface area contributed by atoms with E-state index in [1.807, 2.05) is 20.8 Å². The predicted octanol–water partition coefficient (Wildman–Crippen LogP) is 2.00. The molecule has 8 heteroatoms. The molecule has 8 nitrogen and oxygen atoms in total. The molecule has 1 atom stereocenters. The van der Waals surface area contributed by atoms with Crippen molar-refractivity contribution in [2.24, 2.45) is 7.05 Å². The third-order valence-corrected chi connectivity index (χ3v) is 4.64. The van der Waals surface area contributed by atoms with Crippen molar-refractivity contribution >= 4 is 22.9 Å². The Labute approximate surface area is 157 Å². The normalized spacial score (nSPS) is 17.3. The van der Waals surface area contributed by atoms with Crippen molar-refractivity contribution in [3.8, 4) is 0 Å². The van der Waals surface area contributed by atoms with Gasteiger partial charge in [0, 0.05) is 37.9 Å². The van der Waals surface area contributed by atoms with Crippen molar-refractivity contribution in [2.75, 3.05) is 13.1 Å². The van der Waals surface area contributed by atoms with E-state index in [-0.39, 0.29) is 23.6 Å². The van der Waals surface area contributed by atoms with Crippen LogP contribution in [0.5, 0.6) is 0 Å². The summed E-state index contributed by atoms with van der Waals surface area (Å²) in [7, 11) is 1.61. The number of aromatic amines is 1. The van der Waals surface area contributed by atoms with E-state index in [4.69, 9.17) is 4.74 Å². The van der Waals surface area contributed by atoms with E-state index in [1.165, 1.54) is 10.8 Å². The average Bonchev–Trinajstić information content (AvgIpc) is 3.23. The first-order valence-corrected chi connectivity index (χ1v) is 9.12. The maximum atomic E-state index is 12.7. The van der Waals surface area contributed by atoms with E-state index >= 15 is 0 Å². The van der Waals surface area contributed by atoms with Crippen LogP contribution in [0.3, 0.4) is 0 Å². The lowest BCUT2D eigenvalue weighted by atomic mass is 10.1. The van der Waals surface area contributed by atoms with Gasteiger partial charge in [0.25, 0.3) is 11.5 Å². The number of likely N-dealkylation sites (tertiary alicyclic amines) is 1. The van der Waals surface area contributed by atoms with E-state index < -0.39 is 5.60 Å². The molecule has 146 valence electrons. The molecule has 0 radical (unpaired) electrons.